The van der Waals surface area contributed by atoms with Crippen molar-refractivity contribution in [2.75, 3.05) is 37.7 Å². The molecule has 5 nitrogen and oxygen atoms in total. The van der Waals surface area contributed by atoms with E-state index in [1.807, 2.05) is 18.2 Å². The van der Waals surface area contributed by atoms with Gasteiger partial charge in [0.05, 0.1) is 12.7 Å². The summed E-state index contributed by atoms with van der Waals surface area (Å²) in [4.78, 5) is 17.7. The second kappa shape index (κ2) is 10.00. The molecule has 2 aliphatic rings. The number of aryl methyl sites for hydroxylation is 1. The Morgan fingerprint density at radius 2 is 1.50 bits per heavy atom. The molecule has 34 heavy (non-hydrogen) atoms. The standard InChI is InChI=1S/C29H34N4O/c1-23-12-14-25(15-13-23)27(24-8-4-2-5-9-24)30-18-21-32-19-16-29(17-20-32)28(34)31-22-33(29)26-10-6-3-7-11-26/h2-15,27,30H,16-22H2,1H3,(H,31,34). The molecular formula is C29H34N4O. The first-order valence-corrected chi connectivity index (χ1v) is 12.3. The maximum absolute atomic E-state index is 12.9. The van der Waals surface area contributed by atoms with Crippen molar-refractivity contribution in [2.24, 2.45) is 0 Å². The summed E-state index contributed by atoms with van der Waals surface area (Å²) in [6.07, 6.45) is 1.71. The van der Waals surface area contributed by atoms with E-state index in [9.17, 15) is 4.79 Å². The summed E-state index contributed by atoms with van der Waals surface area (Å²) >= 11 is 0. The van der Waals surface area contributed by atoms with Crippen LogP contribution in [0.15, 0.2) is 84.9 Å². The molecule has 0 aromatic heterocycles. The van der Waals surface area contributed by atoms with Crippen LogP contribution in [0.25, 0.3) is 0 Å². The van der Waals surface area contributed by atoms with E-state index in [0.29, 0.717) is 6.67 Å². The van der Waals surface area contributed by atoms with Crippen LogP contribution in [0.2, 0.25) is 0 Å². The maximum Gasteiger partial charge on any atom is 0.247 e. The van der Waals surface area contributed by atoms with Gasteiger partial charge < -0.3 is 20.4 Å². The highest BCUT2D eigenvalue weighted by Crippen LogP contribution is 2.36. The van der Waals surface area contributed by atoms with Crippen LogP contribution in [-0.4, -0.2) is 49.2 Å². The number of amides is 1. The highest BCUT2D eigenvalue weighted by molar-refractivity contribution is 5.93. The fourth-order valence-corrected chi connectivity index (χ4v) is 5.38. The van der Waals surface area contributed by atoms with Crippen molar-refractivity contribution in [3.05, 3.63) is 102 Å². The molecule has 176 valence electrons. The zero-order valence-electron chi connectivity index (χ0n) is 19.9. The number of nitrogens with zero attached hydrogens (tertiary/aromatic N) is 2. The first-order valence-electron chi connectivity index (χ1n) is 12.3. The Morgan fingerprint density at radius 3 is 2.18 bits per heavy atom. The third-order valence-electron chi connectivity index (χ3n) is 7.41. The van der Waals surface area contributed by atoms with Crippen molar-refractivity contribution in [1.82, 2.24) is 15.5 Å². The minimum absolute atomic E-state index is 0.173. The molecule has 1 spiro atoms. The van der Waals surface area contributed by atoms with Gasteiger partial charge in [-0.15, -0.1) is 0 Å². The molecule has 5 heteroatoms. The molecule has 0 aliphatic carbocycles. The number of para-hydroxylation sites is 1. The number of anilines is 1. The summed E-state index contributed by atoms with van der Waals surface area (Å²) < 4.78 is 0. The van der Waals surface area contributed by atoms with E-state index in [4.69, 9.17) is 0 Å². The number of carbonyl (C=O) groups excluding carboxylic acids is 1. The van der Waals surface area contributed by atoms with Gasteiger partial charge in [0.1, 0.15) is 5.54 Å². The third kappa shape index (κ3) is 4.59. The summed E-state index contributed by atoms with van der Waals surface area (Å²) in [6.45, 7) is 6.45. The van der Waals surface area contributed by atoms with E-state index in [0.717, 1.165) is 44.7 Å². The molecule has 2 saturated heterocycles. The van der Waals surface area contributed by atoms with Gasteiger partial charge in [0.2, 0.25) is 5.91 Å². The van der Waals surface area contributed by atoms with Crippen LogP contribution in [0.5, 0.6) is 0 Å². The predicted octanol–water partition coefficient (Wildman–Crippen LogP) is 4.10. The fraction of sp³-hybridized carbons (Fsp3) is 0.345. The zero-order chi connectivity index (χ0) is 23.4. The number of carbonyl (C=O) groups is 1. The van der Waals surface area contributed by atoms with Gasteiger partial charge in [-0.1, -0.05) is 78.4 Å². The van der Waals surface area contributed by atoms with Gasteiger partial charge >= 0.3 is 0 Å². The summed E-state index contributed by atoms with van der Waals surface area (Å²) in [5.41, 5.74) is 4.55. The Balaban J connectivity index is 1.21. The molecule has 2 heterocycles. The SMILES string of the molecule is Cc1ccc(C(NCCN2CCC3(CC2)C(=O)NCN3c2ccccc2)c2ccccc2)cc1. The van der Waals surface area contributed by atoms with Crippen molar-refractivity contribution >= 4 is 11.6 Å². The first-order chi connectivity index (χ1) is 16.7. The van der Waals surface area contributed by atoms with Crippen LogP contribution >= 0.6 is 0 Å². The quantitative estimate of drug-likeness (QED) is 0.564. The molecule has 2 fully saturated rings. The van der Waals surface area contributed by atoms with Gasteiger partial charge in [-0.25, -0.2) is 0 Å². The minimum Gasteiger partial charge on any atom is -0.339 e. The zero-order valence-corrected chi connectivity index (χ0v) is 19.9. The molecular weight excluding hydrogens is 420 g/mol. The van der Waals surface area contributed by atoms with Gasteiger partial charge in [-0.2, -0.15) is 0 Å². The molecule has 0 radical (unpaired) electrons. The number of hydrogen-bond acceptors (Lipinski definition) is 4. The van der Waals surface area contributed by atoms with Crippen LogP contribution < -0.4 is 15.5 Å². The average Bonchev–Trinajstić information content (AvgIpc) is 3.20. The number of rotatable bonds is 7. The van der Waals surface area contributed by atoms with Gasteiger partial charge in [0.25, 0.3) is 0 Å². The predicted molar refractivity (Wildman–Crippen MR) is 138 cm³/mol. The number of benzene rings is 3. The van der Waals surface area contributed by atoms with Gasteiger partial charge in [-0.05, 0) is 43.0 Å². The van der Waals surface area contributed by atoms with Crippen LogP contribution in [0.4, 0.5) is 5.69 Å². The lowest BCUT2D eigenvalue weighted by Crippen LogP contribution is -2.57. The molecule has 0 saturated carbocycles. The Hall–Kier alpha value is -3.15. The van der Waals surface area contributed by atoms with Crippen molar-refractivity contribution in [1.29, 1.82) is 0 Å². The van der Waals surface area contributed by atoms with E-state index >= 15 is 0 Å². The highest BCUT2D eigenvalue weighted by atomic mass is 16.2. The van der Waals surface area contributed by atoms with Crippen molar-refractivity contribution < 1.29 is 4.79 Å². The Morgan fingerprint density at radius 1 is 0.882 bits per heavy atom. The van der Waals surface area contributed by atoms with Gasteiger partial charge in [-0.3, -0.25) is 4.79 Å². The number of nitrogens with one attached hydrogen (secondary N) is 2. The Bertz CT molecular complexity index is 1080. The normalized spacial score (nSPS) is 18.7. The lowest BCUT2D eigenvalue weighted by atomic mass is 9.85. The number of likely N-dealkylation sites (tertiary alicyclic amines) is 1. The van der Waals surface area contributed by atoms with Crippen molar-refractivity contribution in [3.8, 4) is 0 Å². The van der Waals surface area contributed by atoms with Gasteiger partial charge in [0.15, 0.2) is 0 Å². The monoisotopic (exact) mass is 454 g/mol. The molecule has 3 aromatic carbocycles. The summed E-state index contributed by atoms with van der Waals surface area (Å²) in [6, 6.07) is 30.0. The number of hydrogen-bond donors (Lipinski definition) is 2. The fourth-order valence-electron chi connectivity index (χ4n) is 5.38. The van der Waals surface area contributed by atoms with Crippen molar-refractivity contribution in [3.63, 3.8) is 0 Å². The van der Waals surface area contributed by atoms with E-state index in [2.05, 4.69) is 94.1 Å². The lowest BCUT2D eigenvalue weighted by molar-refractivity contribution is -0.125. The maximum atomic E-state index is 12.9. The van der Waals surface area contributed by atoms with Crippen molar-refractivity contribution in [2.45, 2.75) is 31.3 Å². The molecule has 1 unspecified atom stereocenters. The van der Waals surface area contributed by atoms with Crippen LogP contribution in [0.3, 0.4) is 0 Å². The summed E-state index contributed by atoms with van der Waals surface area (Å²) in [5.74, 6) is 0.178. The molecule has 1 amide bonds. The smallest absolute Gasteiger partial charge is 0.247 e. The molecule has 5 rings (SSSR count). The first kappa shape index (κ1) is 22.6. The van der Waals surface area contributed by atoms with Crippen LogP contribution in [0.1, 0.15) is 35.6 Å². The van der Waals surface area contributed by atoms with Crippen LogP contribution in [-0.2, 0) is 4.79 Å². The van der Waals surface area contributed by atoms with Gasteiger partial charge in [0, 0.05) is 31.9 Å². The summed E-state index contributed by atoms with van der Waals surface area (Å²) in [7, 11) is 0. The summed E-state index contributed by atoms with van der Waals surface area (Å²) in [5, 5.41) is 6.89. The average molecular weight is 455 g/mol. The third-order valence-corrected chi connectivity index (χ3v) is 7.41. The molecule has 3 aromatic rings. The highest BCUT2D eigenvalue weighted by Gasteiger charge is 2.50. The molecule has 1 atom stereocenters. The largest absolute Gasteiger partial charge is 0.339 e. The van der Waals surface area contributed by atoms with E-state index in [-0.39, 0.29) is 11.9 Å². The molecule has 2 aliphatic heterocycles. The topological polar surface area (TPSA) is 47.6 Å². The van der Waals surface area contributed by atoms with E-state index < -0.39 is 5.54 Å². The number of piperidine rings is 1. The Kier molecular flexibility index (Phi) is 6.66. The van der Waals surface area contributed by atoms with Crippen LogP contribution in [0, 0.1) is 6.92 Å². The van der Waals surface area contributed by atoms with E-state index in [1.54, 1.807) is 0 Å². The molecule has 0 bridgehead atoms. The molecule has 2 N–H and O–H groups in total. The second-order valence-corrected chi connectivity index (χ2v) is 9.51. The second-order valence-electron chi connectivity index (χ2n) is 9.51. The minimum atomic E-state index is -0.417. The Labute approximate surface area is 202 Å². The van der Waals surface area contributed by atoms with E-state index in [1.165, 1.54) is 16.7 Å². The lowest BCUT2D eigenvalue weighted by Gasteiger charge is -2.43.